The zero-order valence-corrected chi connectivity index (χ0v) is 9.23. The Morgan fingerprint density at radius 2 is 2.47 bits per heavy atom. The van der Waals surface area contributed by atoms with Gasteiger partial charge in [-0.05, 0) is 18.9 Å². The van der Waals surface area contributed by atoms with E-state index in [1.807, 2.05) is 0 Å². The number of nitrogens with one attached hydrogen (secondary N) is 1. The van der Waals surface area contributed by atoms with Crippen LogP contribution in [0.2, 0.25) is 0 Å². The first-order valence-electron chi connectivity index (χ1n) is 5.09. The van der Waals surface area contributed by atoms with Crippen molar-refractivity contribution in [3.8, 4) is 0 Å². The SMILES string of the molecule is CC(CCN)CNC(=O)c1cncn1C. The van der Waals surface area contributed by atoms with E-state index in [1.54, 1.807) is 24.1 Å². The molecule has 0 aromatic carbocycles. The number of imidazole rings is 1. The topological polar surface area (TPSA) is 72.9 Å². The van der Waals surface area contributed by atoms with Gasteiger partial charge in [0.2, 0.25) is 0 Å². The van der Waals surface area contributed by atoms with Crippen LogP contribution < -0.4 is 11.1 Å². The van der Waals surface area contributed by atoms with Crippen LogP contribution in [0.3, 0.4) is 0 Å². The lowest BCUT2D eigenvalue weighted by Gasteiger charge is -2.11. The Morgan fingerprint density at radius 3 is 3.00 bits per heavy atom. The molecule has 0 saturated carbocycles. The summed E-state index contributed by atoms with van der Waals surface area (Å²) < 4.78 is 1.70. The summed E-state index contributed by atoms with van der Waals surface area (Å²) in [6, 6.07) is 0. The van der Waals surface area contributed by atoms with Crippen molar-refractivity contribution in [3.63, 3.8) is 0 Å². The zero-order chi connectivity index (χ0) is 11.3. The quantitative estimate of drug-likeness (QED) is 0.725. The van der Waals surface area contributed by atoms with Crippen LogP contribution in [0.15, 0.2) is 12.5 Å². The molecule has 1 heterocycles. The summed E-state index contributed by atoms with van der Waals surface area (Å²) in [5.74, 6) is 0.325. The molecule has 0 aliphatic carbocycles. The van der Waals surface area contributed by atoms with Gasteiger partial charge in [-0.3, -0.25) is 4.79 Å². The lowest BCUT2D eigenvalue weighted by atomic mass is 10.1. The van der Waals surface area contributed by atoms with E-state index in [2.05, 4.69) is 17.2 Å². The van der Waals surface area contributed by atoms with E-state index in [9.17, 15) is 4.79 Å². The van der Waals surface area contributed by atoms with Crippen LogP contribution in [0.25, 0.3) is 0 Å². The lowest BCUT2D eigenvalue weighted by molar-refractivity contribution is 0.0939. The lowest BCUT2D eigenvalue weighted by Crippen LogP contribution is -2.30. The van der Waals surface area contributed by atoms with Crippen LogP contribution in [0, 0.1) is 5.92 Å². The summed E-state index contributed by atoms with van der Waals surface area (Å²) in [6.07, 6.45) is 4.09. The number of nitrogens with two attached hydrogens (primary N) is 1. The van der Waals surface area contributed by atoms with Gasteiger partial charge in [0.1, 0.15) is 5.69 Å². The van der Waals surface area contributed by atoms with Crippen molar-refractivity contribution in [2.45, 2.75) is 13.3 Å². The second kappa shape index (κ2) is 5.50. The summed E-state index contributed by atoms with van der Waals surface area (Å²) in [5.41, 5.74) is 6.01. The highest BCUT2D eigenvalue weighted by atomic mass is 16.1. The van der Waals surface area contributed by atoms with Gasteiger partial charge in [0.15, 0.2) is 0 Å². The molecule has 1 atom stereocenters. The van der Waals surface area contributed by atoms with Crippen LogP contribution in [-0.2, 0) is 7.05 Å². The molecule has 1 unspecified atom stereocenters. The molecule has 0 bridgehead atoms. The Labute approximate surface area is 89.7 Å². The minimum absolute atomic E-state index is 0.0844. The highest BCUT2D eigenvalue weighted by molar-refractivity contribution is 5.92. The van der Waals surface area contributed by atoms with Crippen LogP contribution in [0.4, 0.5) is 0 Å². The summed E-state index contributed by atoms with van der Waals surface area (Å²) in [6.45, 7) is 3.38. The zero-order valence-electron chi connectivity index (χ0n) is 9.23. The molecule has 0 fully saturated rings. The van der Waals surface area contributed by atoms with Gasteiger partial charge < -0.3 is 15.6 Å². The number of carbonyl (C=O) groups is 1. The maximum atomic E-state index is 11.6. The number of rotatable bonds is 5. The van der Waals surface area contributed by atoms with E-state index in [-0.39, 0.29) is 5.91 Å². The minimum atomic E-state index is -0.0844. The molecule has 84 valence electrons. The molecule has 0 radical (unpaired) electrons. The molecule has 5 nitrogen and oxygen atoms in total. The average Bonchev–Trinajstić information content (AvgIpc) is 2.61. The molecule has 1 rings (SSSR count). The first kappa shape index (κ1) is 11.7. The Hall–Kier alpha value is -1.36. The molecule has 1 aromatic rings. The summed E-state index contributed by atoms with van der Waals surface area (Å²) in [7, 11) is 1.80. The molecule has 3 N–H and O–H groups in total. The van der Waals surface area contributed by atoms with Gasteiger partial charge >= 0.3 is 0 Å². The Kier molecular flexibility index (Phi) is 4.30. The highest BCUT2D eigenvalue weighted by Gasteiger charge is 2.10. The van der Waals surface area contributed by atoms with E-state index in [0.29, 0.717) is 24.7 Å². The number of amides is 1. The van der Waals surface area contributed by atoms with E-state index >= 15 is 0 Å². The predicted molar refractivity (Wildman–Crippen MR) is 58.4 cm³/mol. The second-order valence-corrected chi connectivity index (χ2v) is 3.78. The monoisotopic (exact) mass is 210 g/mol. The van der Waals surface area contributed by atoms with E-state index in [4.69, 9.17) is 5.73 Å². The molecule has 0 spiro atoms. The van der Waals surface area contributed by atoms with E-state index in [1.165, 1.54) is 0 Å². The third-order valence-corrected chi connectivity index (χ3v) is 2.32. The largest absolute Gasteiger partial charge is 0.350 e. The molecule has 0 aliphatic rings. The first-order valence-corrected chi connectivity index (χ1v) is 5.09. The average molecular weight is 210 g/mol. The second-order valence-electron chi connectivity index (χ2n) is 3.78. The fraction of sp³-hybridized carbons (Fsp3) is 0.600. The van der Waals surface area contributed by atoms with E-state index < -0.39 is 0 Å². The van der Waals surface area contributed by atoms with Crippen molar-refractivity contribution in [1.29, 1.82) is 0 Å². The van der Waals surface area contributed by atoms with Gasteiger partial charge in [-0.15, -0.1) is 0 Å². The van der Waals surface area contributed by atoms with Crippen molar-refractivity contribution in [2.24, 2.45) is 18.7 Å². The molecule has 15 heavy (non-hydrogen) atoms. The van der Waals surface area contributed by atoms with Gasteiger partial charge in [-0.1, -0.05) is 6.92 Å². The number of aryl methyl sites for hydroxylation is 1. The standard InChI is InChI=1S/C10H18N4O/c1-8(3-4-11)5-13-10(15)9-6-12-7-14(9)2/h6-8H,3-5,11H2,1-2H3,(H,13,15). The molecule has 0 saturated heterocycles. The van der Waals surface area contributed by atoms with Crippen molar-refractivity contribution in [3.05, 3.63) is 18.2 Å². The number of hydrogen-bond donors (Lipinski definition) is 2. The molecule has 1 amide bonds. The molecule has 1 aromatic heterocycles. The van der Waals surface area contributed by atoms with Gasteiger partial charge in [0.05, 0.1) is 12.5 Å². The highest BCUT2D eigenvalue weighted by Crippen LogP contribution is 2.00. The maximum Gasteiger partial charge on any atom is 0.269 e. The van der Waals surface area contributed by atoms with Gasteiger partial charge in [-0.25, -0.2) is 4.98 Å². The van der Waals surface area contributed by atoms with Crippen molar-refractivity contribution in [2.75, 3.05) is 13.1 Å². The number of nitrogens with zero attached hydrogens (tertiary/aromatic N) is 2. The molecular formula is C10H18N4O. The van der Waals surface area contributed by atoms with Gasteiger partial charge in [0, 0.05) is 13.6 Å². The minimum Gasteiger partial charge on any atom is -0.350 e. The fourth-order valence-electron chi connectivity index (χ4n) is 1.32. The summed E-state index contributed by atoms with van der Waals surface area (Å²) in [5, 5.41) is 2.86. The Bertz CT molecular complexity index is 321. The number of hydrogen-bond acceptors (Lipinski definition) is 3. The van der Waals surface area contributed by atoms with Crippen molar-refractivity contribution < 1.29 is 4.79 Å². The van der Waals surface area contributed by atoms with Crippen LogP contribution in [-0.4, -0.2) is 28.5 Å². The summed E-state index contributed by atoms with van der Waals surface area (Å²) >= 11 is 0. The van der Waals surface area contributed by atoms with Crippen LogP contribution in [0.5, 0.6) is 0 Å². The van der Waals surface area contributed by atoms with Crippen LogP contribution in [0.1, 0.15) is 23.8 Å². The first-order chi connectivity index (χ1) is 7.15. The predicted octanol–water partition coefficient (Wildman–Crippen LogP) is 0.135. The summed E-state index contributed by atoms with van der Waals surface area (Å²) in [4.78, 5) is 15.5. The van der Waals surface area contributed by atoms with Gasteiger partial charge in [0.25, 0.3) is 5.91 Å². The third kappa shape index (κ3) is 3.36. The number of aromatic nitrogens is 2. The van der Waals surface area contributed by atoms with E-state index in [0.717, 1.165) is 6.42 Å². The smallest absolute Gasteiger partial charge is 0.269 e. The van der Waals surface area contributed by atoms with Crippen LogP contribution >= 0.6 is 0 Å². The Balaban J connectivity index is 2.40. The molecule has 0 aliphatic heterocycles. The Morgan fingerprint density at radius 1 is 1.73 bits per heavy atom. The molecule has 5 heteroatoms. The van der Waals surface area contributed by atoms with Crippen molar-refractivity contribution >= 4 is 5.91 Å². The molecular weight excluding hydrogens is 192 g/mol. The maximum absolute atomic E-state index is 11.6. The van der Waals surface area contributed by atoms with Gasteiger partial charge in [-0.2, -0.15) is 0 Å². The number of carbonyl (C=O) groups excluding carboxylic acids is 1. The fourth-order valence-corrected chi connectivity index (χ4v) is 1.32. The van der Waals surface area contributed by atoms with Crippen molar-refractivity contribution in [1.82, 2.24) is 14.9 Å². The normalized spacial score (nSPS) is 12.5. The third-order valence-electron chi connectivity index (χ3n) is 2.32.